The van der Waals surface area contributed by atoms with Crippen LogP contribution in [0, 0.1) is 5.92 Å². The number of hydrogen-bond donors (Lipinski definition) is 3. The molecule has 2 aromatic heterocycles. The van der Waals surface area contributed by atoms with Gasteiger partial charge in [-0.1, -0.05) is 19.9 Å². The quantitative estimate of drug-likeness (QED) is 0.390. The molecule has 2 aliphatic rings. The molecule has 0 bridgehead atoms. The molecule has 0 saturated carbocycles. The summed E-state index contributed by atoms with van der Waals surface area (Å²) < 4.78 is 0. The second-order valence-electron chi connectivity index (χ2n) is 10.0. The Morgan fingerprint density at radius 3 is 2.46 bits per heavy atom. The van der Waals surface area contributed by atoms with Crippen LogP contribution in [0.5, 0.6) is 0 Å². The predicted molar refractivity (Wildman–Crippen MR) is 157 cm³/mol. The molecule has 37 heavy (non-hydrogen) atoms. The minimum absolute atomic E-state index is 0.425. The standard InChI is InChI=1S/C27H37N7S.CH4O/c1-18(2)20-7-8-23(34-16-19(17-34)24(14-28)35-3)22-15-30-26(13-21(20)22)31-25-9-10-29-27(32-25)33-11-5-4-6-12-33;1-2/h7-10,13,15,18-19,24H,4-6,11-12,14,16-17,28H2,1-3H3,(H,29,30,31,32);2H,1H3. The third-order valence-electron chi connectivity index (χ3n) is 7.38. The number of fused-ring (bicyclic) bond motifs is 1. The monoisotopic (exact) mass is 523 g/mol. The van der Waals surface area contributed by atoms with E-state index in [0.29, 0.717) is 17.1 Å². The van der Waals surface area contributed by atoms with E-state index in [1.807, 2.05) is 30.2 Å². The Morgan fingerprint density at radius 2 is 1.78 bits per heavy atom. The van der Waals surface area contributed by atoms with Gasteiger partial charge in [-0.15, -0.1) is 0 Å². The van der Waals surface area contributed by atoms with E-state index in [1.165, 1.54) is 41.3 Å². The average Bonchev–Trinajstić information content (AvgIpc) is 2.91. The normalized spacial score (nSPS) is 16.8. The number of nitrogens with zero attached hydrogens (tertiary/aromatic N) is 5. The molecule has 2 saturated heterocycles. The zero-order chi connectivity index (χ0) is 26.4. The fourth-order valence-corrected chi connectivity index (χ4v) is 6.06. The molecular weight excluding hydrogens is 482 g/mol. The third kappa shape index (κ3) is 6.10. The number of anilines is 4. The van der Waals surface area contributed by atoms with Crippen LogP contribution in [0.15, 0.2) is 36.7 Å². The molecule has 0 aliphatic carbocycles. The van der Waals surface area contributed by atoms with Crippen LogP contribution in [-0.2, 0) is 0 Å². The maximum absolute atomic E-state index is 7.00. The van der Waals surface area contributed by atoms with E-state index in [0.717, 1.165) is 57.4 Å². The third-order valence-corrected chi connectivity index (χ3v) is 8.57. The average molecular weight is 524 g/mol. The van der Waals surface area contributed by atoms with Crippen molar-refractivity contribution in [3.63, 3.8) is 0 Å². The topological polar surface area (TPSA) is 103 Å². The Kier molecular flexibility index (Phi) is 9.45. The summed E-state index contributed by atoms with van der Waals surface area (Å²) in [5.74, 6) is 3.47. The molecule has 1 atom stereocenters. The molecule has 0 radical (unpaired) electrons. The lowest BCUT2D eigenvalue weighted by atomic mass is 9.91. The van der Waals surface area contributed by atoms with Gasteiger partial charge in [-0.25, -0.2) is 9.97 Å². The van der Waals surface area contributed by atoms with E-state index in [1.54, 1.807) is 0 Å². The molecule has 2 fully saturated rings. The first-order chi connectivity index (χ1) is 18.1. The molecule has 200 valence electrons. The summed E-state index contributed by atoms with van der Waals surface area (Å²) >= 11 is 1.89. The Labute approximate surface area is 225 Å². The van der Waals surface area contributed by atoms with Crippen molar-refractivity contribution < 1.29 is 5.11 Å². The minimum Gasteiger partial charge on any atom is -0.400 e. The fraction of sp³-hybridized carbons (Fsp3) is 0.536. The number of pyridine rings is 1. The highest BCUT2D eigenvalue weighted by Gasteiger charge is 2.33. The van der Waals surface area contributed by atoms with E-state index in [4.69, 9.17) is 20.8 Å². The number of piperidine rings is 1. The maximum atomic E-state index is 7.00. The predicted octanol–water partition coefficient (Wildman–Crippen LogP) is 4.62. The number of aromatic nitrogens is 3. The van der Waals surface area contributed by atoms with Crippen molar-refractivity contribution in [2.24, 2.45) is 11.7 Å². The zero-order valence-corrected chi connectivity index (χ0v) is 23.3. The highest BCUT2D eigenvalue weighted by molar-refractivity contribution is 7.99. The van der Waals surface area contributed by atoms with E-state index < -0.39 is 0 Å². The van der Waals surface area contributed by atoms with Crippen molar-refractivity contribution in [3.8, 4) is 0 Å². The number of nitrogens with one attached hydrogen (secondary N) is 1. The molecule has 3 aromatic rings. The largest absolute Gasteiger partial charge is 0.400 e. The van der Waals surface area contributed by atoms with Gasteiger partial charge in [0.1, 0.15) is 11.6 Å². The van der Waals surface area contributed by atoms with Gasteiger partial charge in [-0.05, 0) is 60.6 Å². The summed E-state index contributed by atoms with van der Waals surface area (Å²) in [5, 5.41) is 13.4. The number of benzene rings is 1. The maximum Gasteiger partial charge on any atom is 0.227 e. The van der Waals surface area contributed by atoms with Crippen LogP contribution in [0.25, 0.3) is 10.8 Å². The highest BCUT2D eigenvalue weighted by atomic mass is 32.2. The molecule has 4 N–H and O–H groups in total. The molecule has 5 rings (SSSR count). The summed E-state index contributed by atoms with van der Waals surface area (Å²) in [6, 6.07) is 8.65. The fourth-order valence-electron chi connectivity index (χ4n) is 5.32. The van der Waals surface area contributed by atoms with Crippen molar-refractivity contribution in [3.05, 3.63) is 42.2 Å². The van der Waals surface area contributed by atoms with Gasteiger partial charge in [-0.2, -0.15) is 16.7 Å². The Balaban J connectivity index is 0.00000156. The van der Waals surface area contributed by atoms with E-state index in [2.05, 4.69) is 58.4 Å². The number of aliphatic hydroxyl groups is 1. The molecule has 2 aliphatic heterocycles. The number of thioether (sulfide) groups is 1. The van der Waals surface area contributed by atoms with Crippen LogP contribution in [0.1, 0.15) is 44.6 Å². The van der Waals surface area contributed by atoms with Crippen molar-refractivity contribution in [2.75, 3.05) is 61.2 Å². The van der Waals surface area contributed by atoms with Crippen molar-refractivity contribution >= 4 is 45.8 Å². The van der Waals surface area contributed by atoms with Crippen LogP contribution in [0.2, 0.25) is 0 Å². The van der Waals surface area contributed by atoms with Gasteiger partial charge in [-0.3, -0.25) is 0 Å². The van der Waals surface area contributed by atoms with Crippen LogP contribution < -0.4 is 20.9 Å². The van der Waals surface area contributed by atoms with Gasteiger partial charge < -0.3 is 26.0 Å². The second-order valence-corrected chi connectivity index (χ2v) is 11.1. The van der Waals surface area contributed by atoms with E-state index in [9.17, 15) is 0 Å². The summed E-state index contributed by atoms with van der Waals surface area (Å²) in [4.78, 5) is 18.8. The molecular formula is C28H41N7OS. The Hall–Kier alpha value is -2.62. The van der Waals surface area contributed by atoms with Gasteiger partial charge in [0, 0.05) is 74.5 Å². The first kappa shape index (κ1) is 27.4. The van der Waals surface area contributed by atoms with E-state index in [-0.39, 0.29) is 0 Å². The lowest BCUT2D eigenvalue weighted by molar-refractivity contribution is 0.399. The van der Waals surface area contributed by atoms with E-state index >= 15 is 0 Å². The second kappa shape index (κ2) is 12.8. The molecule has 0 amide bonds. The van der Waals surface area contributed by atoms with Gasteiger partial charge in [0.2, 0.25) is 5.95 Å². The first-order valence-electron chi connectivity index (χ1n) is 13.3. The van der Waals surface area contributed by atoms with Gasteiger partial charge in [0.25, 0.3) is 0 Å². The molecule has 9 heteroatoms. The van der Waals surface area contributed by atoms with Crippen LogP contribution in [0.4, 0.5) is 23.3 Å². The van der Waals surface area contributed by atoms with Gasteiger partial charge in [0.05, 0.1) is 0 Å². The molecule has 1 aromatic carbocycles. The highest BCUT2D eigenvalue weighted by Crippen LogP contribution is 2.38. The van der Waals surface area contributed by atoms with Crippen molar-refractivity contribution in [1.82, 2.24) is 15.0 Å². The Morgan fingerprint density at radius 1 is 1.03 bits per heavy atom. The smallest absolute Gasteiger partial charge is 0.227 e. The summed E-state index contributed by atoms with van der Waals surface area (Å²) in [7, 11) is 1.00. The molecule has 4 heterocycles. The van der Waals surface area contributed by atoms with Gasteiger partial charge in [0.15, 0.2) is 0 Å². The number of nitrogens with two attached hydrogens (primary N) is 1. The minimum atomic E-state index is 0.425. The molecule has 1 unspecified atom stereocenters. The SMILES string of the molecule is CO.CSC(CN)C1CN(c2ccc(C(C)C)c3cc(Nc4ccnc(N5CCCCC5)n4)ncc23)C1. The van der Waals surface area contributed by atoms with Crippen molar-refractivity contribution in [2.45, 2.75) is 44.3 Å². The lowest BCUT2D eigenvalue weighted by Gasteiger charge is -2.44. The molecule has 0 spiro atoms. The summed E-state index contributed by atoms with van der Waals surface area (Å²) in [6.45, 7) is 9.41. The number of aliphatic hydroxyl groups excluding tert-OH is 1. The number of rotatable bonds is 8. The summed E-state index contributed by atoms with van der Waals surface area (Å²) in [5.41, 5.74) is 8.59. The van der Waals surface area contributed by atoms with Crippen LogP contribution >= 0.6 is 11.8 Å². The molecule has 8 nitrogen and oxygen atoms in total. The Bertz CT molecular complexity index is 1160. The summed E-state index contributed by atoms with van der Waals surface area (Å²) in [6.07, 6.45) is 9.72. The van der Waals surface area contributed by atoms with Crippen molar-refractivity contribution in [1.29, 1.82) is 0 Å². The number of hydrogen-bond acceptors (Lipinski definition) is 9. The van der Waals surface area contributed by atoms with Crippen LogP contribution in [-0.4, -0.2) is 71.4 Å². The first-order valence-corrected chi connectivity index (χ1v) is 14.6. The lowest BCUT2D eigenvalue weighted by Crippen LogP contribution is -2.52. The van der Waals surface area contributed by atoms with Gasteiger partial charge >= 0.3 is 0 Å². The zero-order valence-electron chi connectivity index (χ0n) is 22.5. The van der Waals surface area contributed by atoms with Crippen LogP contribution in [0.3, 0.4) is 0 Å².